The molecule has 0 aliphatic rings. The standard InChI is InChI=1S/C17H23N3O/c1-3-14-5-8-16(9-6-14)19(2)11-4-12-20-13-15(18)7-10-17(20)21/h5-10,13H,3-4,11-12,18H2,1-2H3. The smallest absolute Gasteiger partial charge is 0.250 e. The first-order chi connectivity index (χ1) is 10.1. The number of benzene rings is 1. The molecular formula is C17H23N3O. The molecule has 4 nitrogen and oxygen atoms in total. The van der Waals surface area contributed by atoms with Crippen LogP contribution in [0.1, 0.15) is 18.9 Å². The lowest BCUT2D eigenvalue weighted by molar-refractivity contribution is 0.620. The van der Waals surface area contributed by atoms with Crippen molar-refractivity contribution in [3.05, 3.63) is 58.5 Å². The van der Waals surface area contributed by atoms with Crippen LogP contribution in [-0.4, -0.2) is 18.2 Å². The Morgan fingerprint density at radius 1 is 1.14 bits per heavy atom. The van der Waals surface area contributed by atoms with Crippen molar-refractivity contribution < 1.29 is 0 Å². The lowest BCUT2D eigenvalue weighted by Gasteiger charge is -2.20. The fourth-order valence-electron chi connectivity index (χ4n) is 2.32. The second-order valence-electron chi connectivity index (χ2n) is 5.29. The Kier molecular flexibility index (Phi) is 5.04. The fraction of sp³-hybridized carbons (Fsp3) is 0.353. The number of nitrogen functional groups attached to an aromatic ring is 1. The lowest BCUT2D eigenvalue weighted by atomic mass is 10.1. The Morgan fingerprint density at radius 2 is 1.86 bits per heavy atom. The van der Waals surface area contributed by atoms with E-state index in [2.05, 4.69) is 43.1 Å². The molecule has 2 aromatic rings. The van der Waals surface area contributed by atoms with Crippen molar-refractivity contribution in [3.8, 4) is 0 Å². The van der Waals surface area contributed by atoms with Crippen LogP contribution in [0, 0.1) is 0 Å². The molecule has 0 unspecified atom stereocenters. The molecule has 21 heavy (non-hydrogen) atoms. The van der Waals surface area contributed by atoms with Gasteiger partial charge in [-0.25, -0.2) is 0 Å². The minimum Gasteiger partial charge on any atom is -0.398 e. The number of nitrogens with zero attached hydrogens (tertiary/aromatic N) is 2. The lowest BCUT2D eigenvalue weighted by Crippen LogP contribution is -2.23. The van der Waals surface area contributed by atoms with Gasteiger partial charge in [-0.3, -0.25) is 4.79 Å². The maximum Gasteiger partial charge on any atom is 0.250 e. The number of aromatic nitrogens is 1. The summed E-state index contributed by atoms with van der Waals surface area (Å²) >= 11 is 0. The minimum absolute atomic E-state index is 0.000785. The van der Waals surface area contributed by atoms with Gasteiger partial charge in [0, 0.05) is 43.8 Å². The Hall–Kier alpha value is -2.23. The zero-order valence-electron chi connectivity index (χ0n) is 12.7. The molecular weight excluding hydrogens is 262 g/mol. The normalized spacial score (nSPS) is 10.6. The summed E-state index contributed by atoms with van der Waals surface area (Å²) in [5, 5.41) is 0. The average molecular weight is 285 g/mol. The molecule has 112 valence electrons. The van der Waals surface area contributed by atoms with Crippen LogP contribution < -0.4 is 16.2 Å². The number of hydrogen-bond donors (Lipinski definition) is 1. The minimum atomic E-state index is -0.000785. The summed E-state index contributed by atoms with van der Waals surface area (Å²) in [6.07, 6.45) is 3.66. The van der Waals surface area contributed by atoms with Gasteiger partial charge in [0.2, 0.25) is 0 Å². The van der Waals surface area contributed by atoms with Gasteiger partial charge in [-0.15, -0.1) is 0 Å². The molecule has 2 N–H and O–H groups in total. The number of pyridine rings is 1. The van der Waals surface area contributed by atoms with Crippen molar-refractivity contribution in [2.75, 3.05) is 24.2 Å². The zero-order valence-corrected chi connectivity index (χ0v) is 12.7. The van der Waals surface area contributed by atoms with Gasteiger partial charge in [0.15, 0.2) is 0 Å². The van der Waals surface area contributed by atoms with Gasteiger partial charge in [-0.1, -0.05) is 19.1 Å². The highest BCUT2D eigenvalue weighted by molar-refractivity contribution is 5.46. The topological polar surface area (TPSA) is 51.3 Å². The van der Waals surface area contributed by atoms with Crippen molar-refractivity contribution in [1.29, 1.82) is 0 Å². The average Bonchev–Trinajstić information content (AvgIpc) is 2.50. The van der Waals surface area contributed by atoms with E-state index in [0.29, 0.717) is 12.2 Å². The summed E-state index contributed by atoms with van der Waals surface area (Å²) in [4.78, 5) is 13.9. The summed E-state index contributed by atoms with van der Waals surface area (Å²) < 4.78 is 1.67. The Balaban J connectivity index is 1.90. The van der Waals surface area contributed by atoms with Gasteiger partial charge in [-0.05, 0) is 36.6 Å². The molecule has 0 saturated heterocycles. The highest BCUT2D eigenvalue weighted by atomic mass is 16.1. The van der Waals surface area contributed by atoms with E-state index in [0.717, 1.165) is 19.4 Å². The first-order valence-electron chi connectivity index (χ1n) is 7.36. The highest BCUT2D eigenvalue weighted by Crippen LogP contribution is 2.14. The fourth-order valence-corrected chi connectivity index (χ4v) is 2.32. The van der Waals surface area contributed by atoms with Crippen LogP contribution in [0.4, 0.5) is 11.4 Å². The van der Waals surface area contributed by atoms with Crippen molar-refractivity contribution in [3.63, 3.8) is 0 Å². The van der Waals surface area contributed by atoms with E-state index >= 15 is 0 Å². The van der Waals surface area contributed by atoms with Gasteiger partial charge in [0.1, 0.15) is 0 Å². The number of rotatable bonds is 6. The SMILES string of the molecule is CCc1ccc(N(C)CCCn2cc(N)ccc2=O)cc1. The third-order valence-electron chi connectivity index (χ3n) is 3.68. The molecule has 4 heteroatoms. The Bertz CT molecular complexity index is 631. The molecule has 0 spiro atoms. The van der Waals surface area contributed by atoms with Crippen LogP contribution >= 0.6 is 0 Å². The molecule has 0 atom stereocenters. The van der Waals surface area contributed by atoms with E-state index in [9.17, 15) is 4.79 Å². The van der Waals surface area contributed by atoms with E-state index in [1.165, 1.54) is 17.3 Å². The van der Waals surface area contributed by atoms with Gasteiger partial charge in [-0.2, -0.15) is 0 Å². The zero-order chi connectivity index (χ0) is 15.2. The van der Waals surface area contributed by atoms with Crippen molar-refractivity contribution in [1.82, 2.24) is 4.57 Å². The first-order valence-corrected chi connectivity index (χ1v) is 7.36. The summed E-state index contributed by atoms with van der Waals surface area (Å²) in [5.74, 6) is 0. The molecule has 0 aliphatic carbocycles. The molecule has 0 aliphatic heterocycles. The second kappa shape index (κ2) is 6.97. The third-order valence-corrected chi connectivity index (χ3v) is 3.68. The first kappa shape index (κ1) is 15.2. The maximum absolute atomic E-state index is 11.7. The molecule has 0 amide bonds. The Morgan fingerprint density at radius 3 is 2.52 bits per heavy atom. The van der Waals surface area contributed by atoms with Gasteiger partial charge < -0.3 is 15.2 Å². The van der Waals surface area contributed by atoms with Gasteiger partial charge in [0.05, 0.1) is 0 Å². The van der Waals surface area contributed by atoms with Gasteiger partial charge in [0.25, 0.3) is 5.56 Å². The molecule has 1 aromatic heterocycles. The molecule has 0 fully saturated rings. The van der Waals surface area contributed by atoms with E-state index in [1.807, 2.05) is 0 Å². The third kappa shape index (κ3) is 4.12. The second-order valence-corrected chi connectivity index (χ2v) is 5.29. The van der Waals surface area contributed by atoms with Crippen LogP contribution in [0.15, 0.2) is 47.4 Å². The van der Waals surface area contributed by atoms with Crippen LogP contribution in [0.25, 0.3) is 0 Å². The van der Waals surface area contributed by atoms with E-state index in [1.54, 1.807) is 16.8 Å². The van der Waals surface area contributed by atoms with Crippen molar-refractivity contribution >= 4 is 11.4 Å². The monoisotopic (exact) mass is 285 g/mol. The predicted molar refractivity (Wildman–Crippen MR) is 88.8 cm³/mol. The number of anilines is 2. The summed E-state index contributed by atoms with van der Waals surface area (Å²) in [7, 11) is 2.07. The highest BCUT2D eigenvalue weighted by Gasteiger charge is 2.02. The summed E-state index contributed by atoms with van der Waals surface area (Å²) in [6, 6.07) is 11.8. The summed E-state index contributed by atoms with van der Waals surface area (Å²) in [6.45, 7) is 3.73. The molecule has 2 rings (SSSR count). The number of nitrogens with two attached hydrogens (primary N) is 1. The van der Waals surface area contributed by atoms with Crippen molar-refractivity contribution in [2.24, 2.45) is 0 Å². The molecule has 0 saturated carbocycles. The molecule has 0 radical (unpaired) electrons. The molecule has 0 bridgehead atoms. The van der Waals surface area contributed by atoms with Crippen LogP contribution in [-0.2, 0) is 13.0 Å². The van der Waals surface area contributed by atoms with E-state index in [-0.39, 0.29) is 5.56 Å². The van der Waals surface area contributed by atoms with Crippen LogP contribution in [0.3, 0.4) is 0 Å². The van der Waals surface area contributed by atoms with Crippen LogP contribution in [0.5, 0.6) is 0 Å². The Labute approximate surface area is 125 Å². The predicted octanol–water partition coefficient (Wildman–Crippen LogP) is 2.52. The van der Waals surface area contributed by atoms with Gasteiger partial charge >= 0.3 is 0 Å². The maximum atomic E-state index is 11.7. The van der Waals surface area contributed by atoms with Crippen molar-refractivity contribution in [2.45, 2.75) is 26.3 Å². The largest absolute Gasteiger partial charge is 0.398 e. The van der Waals surface area contributed by atoms with Crippen LogP contribution in [0.2, 0.25) is 0 Å². The number of hydrogen-bond acceptors (Lipinski definition) is 3. The molecule has 1 aromatic carbocycles. The van der Waals surface area contributed by atoms with E-state index < -0.39 is 0 Å². The van der Waals surface area contributed by atoms with E-state index in [4.69, 9.17) is 5.73 Å². The summed E-state index contributed by atoms with van der Waals surface area (Å²) in [5.41, 5.74) is 8.88. The number of aryl methyl sites for hydroxylation is 2. The quantitative estimate of drug-likeness (QED) is 0.887. The molecule has 1 heterocycles.